The lowest BCUT2D eigenvalue weighted by molar-refractivity contribution is -0.121. The number of hydrogen-bond donors (Lipinski definition) is 2. The van der Waals surface area contributed by atoms with Crippen LogP contribution in [-0.4, -0.2) is 37.9 Å². The fourth-order valence-corrected chi connectivity index (χ4v) is 5.29. The van der Waals surface area contributed by atoms with E-state index in [1.807, 2.05) is 30.3 Å². The van der Waals surface area contributed by atoms with Gasteiger partial charge in [0.25, 0.3) is 5.56 Å². The second-order valence-electron chi connectivity index (χ2n) is 8.56. The van der Waals surface area contributed by atoms with Crippen molar-refractivity contribution in [3.8, 4) is 11.5 Å². The lowest BCUT2D eigenvalue weighted by Crippen LogP contribution is -2.37. The van der Waals surface area contributed by atoms with Gasteiger partial charge in [0, 0.05) is 34.7 Å². The van der Waals surface area contributed by atoms with Gasteiger partial charge in [-0.15, -0.1) is 10.2 Å². The van der Waals surface area contributed by atoms with Crippen molar-refractivity contribution in [3.05, 3.63) is 69.8 Å². The predicted octanol–water partition coefficient (Wildman–Crippen LogP) is 4.95. The molecule has 1 aliphatic rings. The largest absolute Gasteiger partial charge is 0.420 e. The van der Waals surface area contributed by atoms with E-state index in [1.165, 1.54) is 11.8 Å². The third-order valence-corrected chi connectivity index (χ3v) is 7.22. The van der Waals surface area contributed by atoms with Crippen LogP contribution in [0.4, 0.5) is 0 Å². The van der Waals surface area contributed by atoms with Crippen molar-refractivity contribution in [1.82, 2.24) is 25.5 Å². The van der Waals surface area contributed by atoms with Gasteiger partial charge in [-0.25, -0.2) is 4.98 Å². The average molecular weight is 510 g/mol. The lowest BCUT2D eigenvalue weighted by Gasteiger charge is -2.27. The summed E-state index contributed by atoms with van der Waals surface area (Å²) in [6.07, 6.45) is 3.82. The Bertz CT molecular complexity index is 1400. The molecule has 2 aromatic carbocycles. The number of halogens is 1. The van der Waals surface area contributed by atoms with Crippen LogP contribution in [0.1, 0.15) is 43.9 Å². The summed E-state index contributed by atoms with van der Waals surface area (Å²) in [4.78, 5) is 31.9. The van der Waals surface area contributed by atoms with Crippen molar-refractivity contribution in [1.29, 1.82) is 0 Å². The van der Waals surface area contributed by atoms with Crippen molar-refractivity contribution in [3.63, 3.8) is 0 Å². The number of fused-ring (bicyclic) bond motifs is 1. The molecule has 0 unspecified atom stereocenters. The summed E-state index contributed by atoms with van der Waals surface area (Å²) in [6, 6.07) is 14.7. The Labute approximate surface area is 210 Å². The molecule has 10 heteroatoms. The highest BCUT2D eigenvalue weighted by Crippen LogP contribution is 2.33. The van der Waals surface area contributed by atoms with Gasteiger partial charge in [0.2, 0.25) is 17.7 Å². The standard InChI is InChI=1S/C25H24ClN5O3S/c26-17-5-3-4-16(14-17)24-31-30-23(34-24)15-8-10-18(11-9-15)27-21(32)12-13-35-25-28-20-7-2-1-6-19(20)22(33)29-25/h1-7,14-15,18H,8-13H2,(H,27,32)(H,28,29,33). The lowest BCUT2D eigenvalue weighted by atomic mass is 9.86. The number of nitrogens with one attached hydrogen (secondary N) is 2. The van der Waals surface area contributed by atoms with Crippen LogP contribution in [0.5, 0.6) is 0 Å². The van der Waals surface area contributed by atoms with Crippen LogP contribution < -0.4 is 10.9 Å². The van der Waals surface area contributed by atoms with Crippen LogP contribution in [0.2, 0.25) is 5.02 Å². The van der Waals surface area contributed by atoms with Crippen molar-refractivity contribution in [2.45, 2.75) is 49.2 Å². The van der Waals surface area contributed by atoms with E-state index in [-0.39, 0.29) is 23.4 Å². The Hall–Kier alpha value is -3.17. The summed E-state index contributed by atoms with van der Waals surface area (Å²) in [7, 11) is 0. The van der Waals surface area contributed by atoms with Crippen LogP contribution in [0, 0.1) is 0 Å². The summed E-state index contributed by atoms with van der Waals surface area (Å²) in [6.45, 7) is 0. The van der Waals surface area contributed by atoms with Crippen molar-refractivity contribution >= 4 is 40.2 Å². The van der Waals surface area contributed by atoms with Gasteiger partial charge in [0.15, 0.2) is 5.16 Å². The molecule has 1 fully saturated rings. The van der Waals surface area contributed by atoms with Crippen LogP contribution in [0.3, 0.4) is 0 Å². The minimum atomic E-state index is -0.166. The molecule has 0 saturated heterocycles. The molecule has 0 bridgehead atoms. The molecular formula is C25H24ClN5O3S. The normalized spacial score (nSPS) is 18.0. The summed E-state index contributed by atoms with van der Waals surface area (Å²) in [5.74, 6) is 1.84. The Morgan fingerprint density at radius 3 is 2.77 bits per heavy atom. The number of amides is 1. The number of H-pyrrole nitrogens is 1. The maximum atomic E-state index is 12.5. The zero-order valence-corrected chi connectivity index (χ0v) is 20.4. The number of carbonyl (C=O) groups is 1. The minimum Gasteiger partial charge on any atom is -0.420 e. The van der Waals surface area contributed by atoms with Gasteiger partial charge in [0.1, 0.15) is 0 Å². The quantitative estimate of drug-likeness (QED) is 0.267. The zero-order valence-electron chi connectivity index (χ0n) is 18.9. The topological polar surface area (TPSA) is 114 Å². The van der Waals surface area contributed by atoms with Gasteiger partial charge in [-0.3, -0.25) is 9.59 Å². The van der Waals surface area contributed by atoms with Gasteiger partial charge in [-0.05, 0) is 56.0 Å². The van der Waals surface area contributed by atoms with Gasteiger partial charge in [0.05, 0.1) is 10.9 Å². The molecule has 1 amide bonds. The summed E-state index contributed by atoms with van der Waals surface area (Å²) in [5.41, 5.74) is 1.29. The van der Waals surface area contributed by atoms with Gasteiger partial charge >= 0.3 is 0 Å². The van der Waals surface area contributed by atoms with Crippen LogP contribution in [-0.2, 0) is 4.79 Å². The van der Waals surface area contributed by atoms with Crippen LogP contribution in [0.15, 0.2) is 62.9 Å². The van der Waals surface area contributed by atoms with Gasteiger partial charge in [-0.2, -0.15) is 0 Å². The monoisotopic (exact) mass is 509 g/mol. The fourth-order valence-electron chi connectivity index (χ4n) is 4.30. The number of aromatic amines is 1. The molecule has 1 saturated carbocycles. The number of hydrogen-bond acceptors (Lipinski definition) is 7. The SMILES string of the molecule is O=C(CCSc1nc2ccccc2c(=O)[nH]1)NC1CCC(c2nnc(-c3cccc(Cl)c3)o2)CC1. The molecule has 2 heterocycles. The van der Waals surface area contributed by atoms with E-state index < -0.39 is 0 Å². The van der Waals surface area contributed by atoms with Crippen LogP contribution >= 0.6 is 23.4 Å². The maximum Gasteiger partial charge on any atom is 0.259 e. The molecule has 2 N–H and O–H groups in total. The first-order chi connectivity index (χ1) is 17.0. The Balaban J connectivity index is 1.08. The second kappa shape index (κ2) is 10.6. The first-order valence-electron chi connectivity index (χ1n) is 11.6. The van der Waals surface area contributed by atoms with Crippen LogP contribution in [0.25, 0.3) is 22.4 Å². The van der Waals surface area contributed by atoms with E-state index in [0.717, 1.165) is 31.2 Å². The Morgan fingerprint density at radius 2 is 1.94 bits per heavy atom. The molecule has 0 aliphatic heterocycles. The zero-order chi connectivity index (χ0) is 24.2. The summed E-state index contributed by atoms with van der Waals surface area (Å²) >= 11 is 7.43. The molecule has 1 aliphatic carbocycles. The molecule has 8 nitrogen and oxygen atoms in total. The van der Waals surface area contributed by atoms with E-state index in [4.69, 9.17) is 16.0 Å². The minimum absolute atomic E-state index is 0.00474. The number of thioether (sulfide) groups is 1. The molecule has 180 valence electrons. The van der Waals surface area contributed by atoms with E-state index in [0.29, 0.717) is 45.0 Å². The van der Waals surface area contributed by atoms with Gasteiger partial charge in [-0.1, -0.05) is 41.6 Å². The smallest absolute Gasteiger partial charge is 0.259 e. The number of nitrogens with zero attached hydrogens (tertiary/aromatic N) is 3. The number of aromatic nitrogens is 4. The van der Waals surface area contributed by atoms with E-state index in [2.05, 4.69) is 25.5 Å². The highest BCUT2D eigenvalue weighted by molar-refractivity contribution is 7.99. The fraction of sp³-hybridized carbons (Fsp3) is 0.320. The highest BCUT2D eigenvalue weighted by atomic mass is 35.5. The third kappa shape index (κ3) is 5.74. The molecule has 5 rings (SSSR count). The number of carbonyl (C=O) groups excluding carboxylic acids is 1. The van der Waals surface area contributed by atoms with E-state index in [1.54, 1.807) is 18.2 Å². The number of para-hydroxylation sites is 1. The molecular weight excluding hydrogens is 486 g/mol. The van der Waals surface area contributed by atoms with Crippen molar-refractivity contribution in [2.75, 3.05) is 5.75 Å². The Kier molecular flexibility index (Phi) is 7.15. The molecule has 2 aromatic heterocycles. The number of benzene rings is 2. The van der Waals surface area contributed by atoms with Crippen molar-refractivity contribution < 1.29 is 9.21 Å². The summed E-state index contributed by atoms with van der Waals surface area (Å²) in [5, 5.41) is 13.3. The second-order valence-corrected chi connectivity index (χ2v) is 10.1. The average Bonchev–Trinajstić information content (AvgIpc) is 3.35. The first-order valence-corrected chi connectivity index (χ1v) is 12.9. The molecule has 0 radical (unpaired) electrons. The van der Waals surface area contributed by atoms with E-state index in [9.17, 15) is 9.59 Å². The highest BCUT2D eigenvalue weighted by Gasteiger charge is 2.27. The van der Waals surface area contributed by atoms with Gasteiger partial charge < -0.3 is 14.7 Å². The maximum absolute atomic E-state index is 12.5. The van der Waals surface area contributed by atoms with Crippen molar-refractivity contribution in [2.24, 2.45) is 0 Å². The Morgan fingerprint density at radius 1 is 1.11 bits per heavy atom. The summed E-state index contributed by atoms with van der Waals surface area (Å²) < 4.78 is 5.91. The third-order valence-electron chi connectivity index (χ3n) is 6.11. The predicted molar refractivity (Wildman–Crippen MR) is 136 cm³/mol. The van der Waals surface area contributed by atoms with E-state index >= 15 is 0 Å². The first kappa shape index (κ1) is 23.6. The molecule has 0 spiro atoms. The number of rotatable bonds is 7. The molecule has 4 aromatic rings. The molecule has 0 atom stereocenters. The molecule has 35 heavy (non-hydrogen) atoms.